The topological polar surface area (TPSA) is 33.0 Å². The molecule has 0 radical (unpaired) electrons. The Balaban J connectivity index is 3.04. The third kappa shape index (κ3) is 3.56. The minimum Gasteiger partial charge on any atom is -0.488 e. The van der Waals surface area contributed by atoms with E-state index in [-0.39, 0.29) is 5.60 Å². The van der Waals surface area contributed by atoms with Crippen LogP contribution >= 0.6 is 15.9 Å². The molecular weight excluding hydrogens is 254 g/mol. The number of alkyl halides is 1. The molecule has 0 N–H and O–H groups in total. The van der Waals surface area contributed by atoms with Crippen LogP contribution in [0.2, 0.25) is 0 Å². The second-order valence-corrected chi connectivity index (χ2v) is 4.84. The number of benzene rings is 1. The van der Waals surface area contributed by atoms with Crippen molar-refractivity contribution in [1.82, 2.24) is 0 Å². The second-order valence-electron chi connectivity index (χ2n) is 4.28. The van der Waals surface area contributed by atoms with Crippen LogP contribution in [-0.2, 0) is 5.33 Å². The number of nitriles is 1. The Kier molecular flexibility index (Phi) is 3.76. The van der Waals surface area contributed by atoms with Gasteiger partial charge in [0.05, 0.1) is 11.6 Å². The van der Waals surface area contributed by atoms with E-state index in [0.717, 1.165) is 11.3 Å². The SMILES string of the molecule is CC(C)(C)Oc1ccc(C#N)cc1CBr. The molecular formula is C12H14BrNO. The van der Waals surface area contributed by atoms with Crippen LogP contribution in [0.4, 0.5) is 0 Å². The average Bonchev–Trinajstić information content (AvgIpc) is 2.16. The van der Waals surface area contributed by atoms with E-state index in [1.165, 1.54) is 0 Å². The summed E-state index contributed by atoms with van der Waals surface area (Å²) in [6, 6.07) is 7.58. The normalized spacial score (nSPS) is 10.9. The molecule has 0 aliphatic heterocycles. The molecule has 0 saturated heterocycles. The minimum absolute atomic E-state index is 0.217. The molecule has 0 atom stereocenters. The summed E-state index contributed by atoms with van der Waals surface area (Å²) in [6.07, 6.45) is 0. The Morgan fingerprint density at radius 3 is 2.53 bits per heavy atom. The predicted octanol–water partition coefficient (Wildman–Crippen LogP) is 3.63. The minimum atomic E-state index is -0.217. The van der Waals surface area contributed by atoms with Crippen molar-refractivity contribution in [1.29, 1.82) is 5.26 Å². The van der Waals surface area contributed by atoms with Crippen LogP contribution in [0.1, 0.15) is 31.9 Å². The third-order valence-corrected chi connectivity index (χ3v) is 2.35. The molecule has 1 aromatic rings. The maximum absolute atomic E-state index is 8.77. The van der Waals surface area contributed by atoms with Crippen LogP contribution in [0.3, 0.4) is 0 Å². The maximum Gasteiger partial charge on any atom is 0.124 e. The van der Waals surface area contributed by atoms with Crippen molar-refractivity contribution < 1.29 is 4.74 Å². The predicted molar refractivity (Wildman–Crippen MR) is 64.2 cm³/mol. The fourth-order valence-electron chi connectivity index (χ4n) is 1.18. The van der Waals surface area contributed by atoms with Crippen LogP contribution in [0, 0.1) is 11.3 Å². The number of nitrogens with zero attached hydrogens (tertiary/aromatic N) is 1. The first-order valence-corrected chi connectivity index (χ1v) is 5.86. The Morgan fingerprint density at radius 1 is 1.40 bits per heavy atom. The summed E-state index contributed by atoms with van der Waals surface area (Å²) in [7, 11) is 0. The zero-order valence-electron chi connectivity index (χ0n) is 9.17. The highest BCUT2D eigenvalue weighted by Gasteiger charge is 2.14. The van der Waals surface area contributed by atoms with E-state index in [2.05, 4.69) is 22.0 Å². The first-order valence-electron chi connectivity index (χ1n) is 4.74. The molecule has 0 spiro atoms. The van der Waals surface area contributed by atoms with Gasteiger partial charge in [0.2, 0.25) is 0 Å². The van der Waals surface area contributed by atoms with E-state index in [1.54, 1.807) is 6.07 Å². The van der Waals surface area contributed by atoms with Gasteiger partial charge in [-0.15, -0.1) is 0 Å². The largest absolute Gasteiger partial charge is 0.488 e. The lowest BCUT2D eigenvalue weighted by Gasteiger charge is -2.23. The maximum atomic E-state index is 8.77. The number of halogens is 1. The molecule has 1 aromatic carbocycles. The van der Waals surface area contributed by atoms with Crippen LogP contribution in [0.15, 0.2) is 18.2 Å². The summed E-state index contributed by atoms with van der Waals surface area (Å²) in [5.41, 5.74) is 1.44. The van der Waals surface area contributed by atoms with Crippen molar-refractivity contribution in [2.75, 3.05) is 0 Å². The van der Waals surface area contributed by atoms with Gasteiger partial charge in [-0.25, -0.2) is 0 Å². The first kappa shape index (κ1) is 12.1. The summed E-state index contributed by atoms with van der Waals surface area (Å²) in [6.45, 7) is 6.01. The van der Waals surface area contributed by atoms with Gasteiger partial charge in [0.25, 0.3) is 0 Å². The Hall–Kier alpha value is -1.01. The average molecular weight is 268 g/mol. The summed E-state index contributed by atoms with van der Waals surface area (Å²) >= 11 is 3.39. The molecule has 3 heteroatoms. The quantitative estimate of drug-likeness (QED) is 0.767. The molecule has 0 amide bonds. The summed E-state index contributed by atoms with van der Waals surface area (Å²) in [5, 5.41) is 9.46. The highest BCUT2D eigenvalue weighted by Crippen LogP contribution is 2.26. The zero-order valence-corrected chi connectivity index (χ0v) is 10.8. The molecule has 2 nitrogen and oxygen atoms in total. The standard InChI is InChI=1S/C12H14BrNO/c1-12(2,3)15-11-5-4-9(8-14)6-10(11)7-13/h4-6H,7H2,1-3H3. The molecule has 15 heavy (non-hydrogen) atoms. The van der Waals surface area contributed by atoms with Crippen LogP contribution in [0.25, 0.3) is 0 Å². The lowest BCUT2D eigenvalue weighted by molar-refractivity contribution is 0.130. The van der Waals surface area contributed by atoms with Crippen molar-refractivity contribution in [3.8, 4) is 11.8 Å². The lowest BCUT2D eigenvalue weighted by Crippen LogP contribution is -2.23. The van der Waals surface area contributed by atoms with E-state index in [4.69, 9.17) is 10.00 Å². The lowest BCUT2D eigenvalue weighted by atomic mass is 10.1. The number of hydrogen-bond acceptors (Lipinski definition) is 2. The van der Waals surface area contributed by atoms with Gasteiger partial charge in [-0.3, -0.25) is 0 Å². The first-order chi connectivity index (χ1) is 6.96. The van der Waals surface area contributed by atoms with Gasteiger partial charge < -0.3 is 4.74 Å². The Bertz CT molecular complexity index is 388. The van der Waals surface area contributed by atoms with E-state index in [1.807, 2.05) is 32.9 Å². The van der Waals surface area contributed by atoms with Crippen LogP contribution in [-0.4, -0.2) is 5.60 Å². The van der Waals surface area contributed by atoms with Crippen molar-refractivity contribution in [3.63, 3.8) is 0 Å². The highest BCUT2D eigenvalue weighted by molar-refractivity contribution is 9.08. The van der Waals surface area contributed by atoms with Crippen molar-refractivity contribution in [2.24, 2.45) is 0 Å². The number of hydrogen-bond donors (Lipinski definition) is 0. The zero-order chi connectivity index (χ0) is 11.5. The van der Waals surface area contributed by atoms with E-state index < -0.39 is 0 Å². The van der Waals surface area contributed by atoms with Gasteiger partial charge in [0, 0.05) is 10.9 Å². The summed E-state index contributed by atoms with van der Waals surface area (Å²) < 4.78 is 5.78. The molecule has 0 aliphatic rings. The molecule has 0 fully saturated rings. The summed E-state index contributed by atoms with van der Waals surface area (Å²) in [4.78, 5) is 0. The fraction of sp³-hybridized carbons (Fsp3) is 0.417. The fourth-order valence-corrected chi connectivity index (χ4v) is 1.62. The van der Waals surface area contributed by atoms with Crippen LogP contribution < -0.4 is 4.74 Å². The third-order valence-electron chi connectivity index (χ3n) is 1.75. The summed E-state index contributed by atoms with van der Waals surface area (Å²) in [5.74, 6) is 0.832. The van der Waals surface area contributed by atoms with E-state index in [0.29, 0.717) is 10.9 Å². The molecule has 0 bridgehead atoms. The smallest absolute Gasteiger partial charge is 0.124 e. The van der Waals surface area contributed by atoms with E-state index >= 15 is 0 Å². The molecule has 0 aromatic heterocycles. The van der Waals surface area contributed by atoms with Gasteiger partial charge >= 0.3 is 0 Å². The van der Waals surface area contributed by atoms with Gasteiger partial charge in [-0.05, 0) is 39.0 Å². The van der Waals surface area contributed by atoms with Crippen molar-refractivity contribution in [3.05, 3.63) is 29.3 Å². The van der Waals surface area contributed by atoms with Gasteiger partial charge in [-0.2, -0.15) is 5.26 Å². The molecule has 0 unspecified atom stereocenters. The number of rotatable bonds is 2. The highest BCUT2D eigenvalue weighted by atomic mass is 79.9. The second kappa shape index (κ2) is 4.67. The van der Waals surface area contributed by atoms with Crippen molar-refractivity contribution in [2.45, 2.75) is 31.7 Å². The molecule has 0 saturated carbocycles. The molecule has 0 aliphatic carbocycles. The van der Waals surface area contributed by atoms with Gasteiger partial charge in [-0.1, -0.05) is 15.9 Å². The van der Waals surface area contributed by atoms with E-state index in [9.17, 15) is 0 Å². The monoisotopic (exact) mass is 267 g/mol. The van der Waals surface area contributed by atoms with Gasteiger partial charge in [0.15, 0.2) is 0 Å². The van der Waals surface area contributed by atoms with Crippen molar-refractivity contribution >= 4 is 15.9 Å². The molecule has 1 rings (SSSR count). The molecule has 0 heterocycles. The van der Waals surface area contributed by atoms with Gasteiger partial charge in [0.1, 0.15) is 11.4 Å². The number of ether oxygens (including phenoxy) is 1. The molecule has 80 valence electrons. The Labute approximate surface area is 99.0 Å². The Morgan fingerprint density at radius 2 is 2.07 bits per heavy atom. The van der Waals surface area contributed by atoms with Crippen LogP contribution in [0.5, 0.6) is 5.75 Å².